The molecule has 3 aromatic rings. The molecule has 1 amide bonds. The van der Waals surface area contributed by atoms with Crippen molar-refractivity contribution in [1.82, 2.24) is 20.4 Å². The molecule has 1 atom stereocenters. The van der Waals surface area contributed by atoms with Crippen molar-refractivity contribution >= 4 is 6.09 Å². The van der Waals surface area contributed by atoms with Crippen LogP contribution < -0.4 is 10.1 Å². The number of alkyl carbamates (subject to hydrolysis) is 1. The second kappa shape index (κ2) is 10.1. The molecule has 12 heteroatoms. The third kappa shape index (κ3) is 7.17. The van der Waals surface area contributed by atoms with Crippen LogP contribution in [0.2, 0.25) is 0 Å². The van der Waals surface area contributed by atoms with Crippen LogP contribution in [-0.2, 0) is 17.3 Å². The number of hydrogen-bond donors (Lipinski definition) is 2. The van der Waals surface area contributed by atoms with E-state index in [4.69, 9.17) is 14.0 Å². The minimum atomic E-state index is -4.49. The molecule has 2 N–H and O–H groups in total. The largest absolute Gasteiger partial charge is 0.443 e. The van der Waals surface area contributed by atoms with Gasteiger partial charge in [-0.25, -0.2) is 9.78 Å². The van der Waals surface area contributed by atoms with Gasteiger partial charge in [-0.1, -0.05) is 17.3 Å². The Morgan fingerprint density at radius 3 is 2.59 bits per heavy atom. The highest BCUT2D eigenvalue weighted by Gasteiger charge is 2.30. The Morgan fingerprint density at radius 1 is 1.21 bits per heavy atom. The zero-order valence-electron chi connectivity index (χ0n) is 18.6. The Hall–Kier alpha value is -3.67. The summed E-state index contributed by atoms with van der Waals surface area (Å²) < 4.78 is 53.9. The average molecular weight is 480 g/mol. The van der Waals surface area contributed by atoms with Crippen LogP contribution in [0.4, 0.5) is 18.0 Å². The quantitative estimate of drug-likeness (QED) is 0.512. The fourth-order valence-corrected chi connectivity index (χ4v) is 2.71. The summed E-state index contributed by atoms with van der Waals surface area (Å²) in [6, 6.07) is 8.46. The first-order valence-corrected chi connectivity index (χ1v) is 10.2. The maximum atomic E-state index is 12.7. The number of aliphatic hydroxyl groups is 1. The molecule has 2 heterocycles. The van der Waals surface area contributed by atoms with Crippen molar-refractivity contribution in [1.29, 1.82) is 0 Å². The van der Waals surface area contributed by atoms with Crippen LogP contribution in [0.3, 0.4) is 0 Å². The third-order valence-electron chi connectivity index (χ3n) is 4.20. The molecule has 0 spiro atoms. The smallest absolute Gasteiger partial charge is 0.417 e. The molecular formula is C22H23F3N4O5. The molecule has 2 aromatic heterocycles. The lowest BCUT2D eigenvalue weighted by Crippen LogP contribution is -2.43. The molecule has 3 rings (SSSR count). The SMILES string of the molecule is CC(C)(C)NC(=O)O[C@H](CO)Cc1nc(-c2cccc(Oc3ccc(C(F)(F)F)cn3)c2)no1. The van der Waals surface area contributed by atoms with Crippen LogP contribution in [0.5, 0.6) is 11.6 Å². The van der Waals surface area contributed by atoms with Gasteiger partial charge in [0.2, 0.25) is 17.6 Å². The van der Waals surface area contributed by atoms with Crippen molar-refractivity contribution in [3.63, 3.8) is 0 Å². The molecule has 0 aliphatic rings. The summed E-state index contributed by atoms with van der Waals surface area (Å²) in [5, 5.41) is 16.0. The van der Waals surface area contributed by atoms with Crippen molar-refractivity contribution in [3.8, 4) is 23.0 Å². The number of amides is 1. The van der Waals surface area contributed by atoms with E-state index in [0.29, 0.717) is 17.5 Å². The molecule has 0 saturated heterocycles. The van der Waals surface area contributed by atoms with Gasteiger partial charge in [0.25, 0.3) is 0 Å². The number of nitrogens with zero attached hydrogens (tertiary/aromatic N) is 3. The van der Waals surface area contributed by atoms with Crippen molar-refractivity contribution in [2.24, 2.45) is 0 Å². The fourth-order valence-electron chi connectivity index (χ4n) is 2.71. The number of nitrogens with one attached hydrogen (secondary N) is 1. The summed E-state index contributed by atoms with van der Waals surface area (Å²) in [7, 11) is 0. The molecule has 0 saturated carbocycles. The topological polar surface area (TPSA) is 120 Å². The lowest BCUT2D eigenvalue weighted by atomic mass is 10.1. The molecule has 0 fully saturated rings. The number of carbonyl (C=O) groups excluding carboxylic acids is 1. The molecule has 0 bridgehead atoms. The first-order chi connectivity index (χ1) is 15.9. The zero-order valence-corrected chi connectivity index (χ0v) is 18.6. The molecule has 34 heavy (non-hydrogen) atoms. The molecule has 9 nitrogen and oxygen atoms in total. The minimum Gasteiger partial charge on any atom is -0.443 e. The molecular weight excluding hydrogens is 457 g/mol. The van der Waals surface area contributed by atoms with E-state index in [9.17, 15) is 23.1 Å². The Balaban J connectivity index is 1.66. The Kier molecular flexibility index (Phi) is 7.40. The summed E-state index contributed by atoms with van der Waals surface area (Å²) >= 11 is 0. The number of pyridine rings is 1. The summed E-state index contributed by atoms with van der Waals surface area (Å²) in [4.78, 5) is 19.8. The van der Waals surface area contributed by atoms with Gasteiger partial charge in [0.1, 0.15) is 11.9 Å². The van der Waals surface area contributed by atoms with E-state index in [2.05, 4.69) is 20.4 Å². The van der Waals surface area contributed by atoms with E-state index in [1.165, 1.54) is 0 Å². The molecule has 0 unspecified atom stereocenters. The maximum Gasteiger partial charge on any atom is 0.417 e. The number of rotatable bonds is 7. The predicted octanol–water partition coefficient (Wildman–Crippen LogP) is 4.37. The summed E-state index contributed by atoms with van der Waals surface area (Å²) in [6.45, 7) is 4.92. The molecule has 0 aliphatic carbocycles. The van der Waals surface area contributed by atoms with Crippen LogP contribution in [-0.4, -0.2) is 44.6 Å². The van der Waals surface area contributed by atoms with Crippen molar-refractivity contribution in [2.45, 2.75) is 45.0 Å². The highest BCUT2D eigenvalue weighted by molar-refractivity contribution is 5.68. The van der Waals surface area contributed by atoms with Crippen molar-refractivity contribution in [2.75, 3.05) is 6.61 Å². The lowest BCUT2D eigenvalue weighted by Gasteiger charge is -2.22. The molecule has 0 radical (unpaired) electrons. The van der Waals surface area contributed by atoms with E-state index in [0.717, 1.165) is 12.1 Å². The van der Waals surface area contributed by atoms with Gasteiger partial charge in [-0.3, -0.25) is 0 Å². The van der Waals surface area contributed by atoms with E-state index < -0.39 is 36.1 Å². The van der Waals surface area contributed by atoms with Gasteiger partial charge in [-0.05, 0) is 39.0 Å². The van der Waals surface area contributed by atoms with Gasteiger partial charge in [-0.15, -0.1) is 0 Å². The predicted molar refractivity (Wildman–Crippen MR) is 113 cm³/mol. The number of halogens is 3. The Morgan fingerprint density at radius 2 is 1.97 bits per heavy atom. The summed E-state index contributed by atoms with van der Waals surface area (Å²) in [5.74, 6) is 0.618. The standard InChI is InChI=1S/C22H23F3N4O5/c1-21(2,3)28-20(31)33-16(12-30)10-18-27-19(29-34-18)13-5-4-6-15(9-13)32-17-8-7-14(11-26-17)22(23,24)25/h4-9,11,16,30H,10,12H2,1-3H3,(H,28,31)/t16-/m0/s1. The second-order valence-corrected chi connectivity index (χ2v) is 8.31. The summed E-state index contributed by atoms with van der Waals surface area (Å²) in [5.41, 5.74) is -0.877. The number of hydrogen-bond acceptors (Lipinski definition) is 8. The highest BCUT2D eigenvalue weighted by Crippen LogP contribution is 2.30. The third-order valence-corrected chi connectivity index (χ3v) is 4.20. The highest BCUT2D eigenvalue weighted by atomic mass is 19.4. The van der Waals surface area contributed by atoms with Gasteiger partial charge in [0.05, 0.1) is 18.6 Å². The second-order valence-electron chi connectivity index (χ2n) is 8.31. The van der Waals surface area contributed by atoms with E-state index in [1.54, 1.807) is 45.0 Å². The zero-order chi connectivity index (χ0) is 24.9. The normalized spacial score (nSPS) is 12.8. The van der Waals surface area contributed by atoms with E-state index >= 15 is 0 Å². The van der Waals surface area contributed by atoms with Gasteiger partial charge >= 0.3 is 12.3 Å². The van der Waals surface area contributed by atoms with E-state index in [1.807, 2.05) is 0 Å². The lowest BCUT2D eigenvalue weighted by molar-refractivity contribution is -0.137. The van der Waals surface area contributed by atoms with Crippen molar-refractivity contribution < 1.29 is 37.1 Å². The molecule has 182 valence electrons. The molecule has 1 aromatic carbocycles. The van der Waals surface area contributed by atoms with Crippen LogP contribution in [0.1, 0.15) is 32.2 Å². The number of aromatic nitrogens is 3. The first kappa shape index (κ1) is 25.0. The number of alkyl halides is 3. The van der Waals surface area contributed by atoms with Crippen LogP contribution >= 0.6 is 0 Å². The first-order valence-electron chi connectivity index (χ1n) is 10.2. The average Bonchev–Trinajstić information content (AvgIpc) is 3.20. The van der Waals surface area contributed by atoms with Crippen molar-refractivity contribution in [3.05, 3.63) is 54.0 Å². The van der Waals surface area contributed by atoms with Gasteiger partial charge in [0, 0.05) is 23.4 Å². The number of carbonyl (C=O) groups is 1. The summed E-state index contributed by atoms with van der Waals surface area (Å²) in [6.07, 6.45) is -5.39. The van der Waals surface area contributed by atoms with Crippen LogP contribution in [0.25, 0.3) is 11.4 Å². The van der Waals surface area contributed by atoms with Gasteiger partial charge in [-0.2, -0.15) is 18.2 Å². The number of benzene rings is 1. The fraction of sp³-hybridized carbons (Fsp3) is 0.364. The van der Waals surface area contributed by atoms with Crippen LogP contribution in [0, 0.1) is 0 Å². The molecule has 0 aliphatic heterocycles. The number of aliphatic hydroxyl groups excluding tert-OH is 1. The van der Waals surface area contributed by atoms with E-state index in [-0.39, 0.29) is 24.0 Å². The maximum absolute atomic E-state index is 12.7. The van der Waals surface area contributed by atoms with Crippen LogP contribution in [0.15, 0.2) is 47.1 Å². The Labute approximate surface area is 192 Å². The Bertz CT molecular complexity index is 1110. The van der Waals surface area contributed by atoms with Gasteiger partial charge in [0.15, 0.2) is 0 Å². The number of ether oxygens (including phenoxy) is 2. The minimum absolute atomic E-state index is 0.00721. The monoisotopic (exact) mass is 480 g/mol. The van der Waals surface area contributed by atoms with Gasteiger partial charge < -0.3 is 24.4 Å².